The normalized spacial score (nSPS) is 14.0. The number of anilines is 2. The zero-order valence-corrected chi connectivity index (χ0v) is 49.3. The molecule has 21 N–H and O–H groups in total. The zero-order chi connectivity index (χ0) is 64.0. The molecule has 3 aromatic heterocycles. The quantitative estimate of drug-likeness (QED) is 0.0283. The zero-order valence-electron chi connectivity index (χ0n) is 48.5. The average molecular weight is 1220 g/mol. The molecule has 85 heavy (non-hydrogen) atoms. The number of carbonyl (C=O) groups excluding carboxylic acids is 8. The van der Waals surface area contributed by atoms with Crippen LogP contribution in [0.3, 0.4) is 0 Å². The molecule has 474 valence electrons. The second-order valence-electron chi connectivity index (χ2n) is 18.1. The van der Waals surface area contributed by atoms with E-state index in [2.05, 4.69) is 57.2 Å². The van der Waals surface area contributed by atoms with Gasteiger partial charge in [0.05, 0.1) is 12.2 Å². The summed E-state index contributed by atoms with van der Waals surface area (Å²) in [6.07, 6.45) is 9.04. The minimum absolute atomic E-state index is 0.0171. The average Bonchev–Trinajstić information content (AvgIpc) is 4.37. The molecule has 2 aliphatic heterocycles. The highest BCUT2D eigenvalue weighted by Gasteiger charge is 2.34. The summed E-state index contributed by atoms with van der Waals surface area (Å²) in [6.45, 7) is 7.28. The summed E-state index contributed by atoms with van der Waals surface area (Å²) in [7, 11) is 10.3. The number of allylic oxidation sites excluding steroid dienone is 2. The van der Waals surface area contributed by atoms with E-state index in [1.54, 1.807) is 49.9 Å². The van der Waals surface area contributed by atoms with Crippen LogP contribution in [0.25, 0.3) is 0 Å². The van der Waals surface area contributed by atoms with Crippen LogP contribution in [0.1, 0.15) is 44.3 Å². The lowest BCUT2D eigenvalue weighted by molar-refractivity contribution is -0.125. The molecule has 1 unspecified atom stereocenters. The van der Waals surface area contributed by atoms with Gasteiger partial charge in [0, 0.05) is 86.7 Å². The van der Waals surface area contributed by atoms with Crippen molar-refractivity contribution in [3.05, 3.63) is 63.6 Å². The summed E-state index contributed by atoms with van der Waals surface area (Å²) in [5, 5.41) is 62.1. The van der Waals surface area contributed by atoms with Gasteiger partial charge >= 0.3 is 12.1 Å². The van der Waals surface area contributed by atoms with Crippen molar-refractivity contribution in [2.24, 2.45) is 34.4 Å². The van der Waals surface area contributed by atoms with E-state index in [1.165, 1.54) is 22.1 Å². The van der Waals surface area contributed by atoms with Gasteiger partial charge < -0.3 is 84.0 Å². The minimum Gasteiger partial charge on any atom is -0.504 e. The lowest BCUT2D eigenvalue weighted by Gasteiger charge is -2.22. The second-order valence-corrected chi connectivity index (χ2v) is 19.1. The van der Waals surface area contributed by atoms with Crippen LogP contribution >= 0.6 is 11.8 Å². The van der Waals surface area contributed by atoms with Crippen molar-refractivity contribution in [2.75, 3.05) is 131 Å². The third-order valence-corrected chi connectivity index (χ3v) is 12.4. The number of hydrogen-bond acceptors (Lipinski definition) is 30. The molecule has 3 aliphatic rings. The van der Waals surface area contributed by atoms with Crippen molar-refractivity contribution in [3.8, 4) is 5.75 Å². The Hall–Kier alpha value is -8.66. The molecule has 0 bridgehead atoms. The molecule has 0 aromatic carbocycles. The third-order valence-electron chi connectivity index (χ3n) is 11.2. The number of imide groups is 2. The van der Waals surface area contributed by atoms with Crippen molar-refractivity contribution in [2.45, 2.75) is 50.4 Å². The standard InChI is InChI=1S/C10H14N2O3.C9H14N2O3.C8H13N3O3.C7H15N7O.C7H13N3O2S.C6H13N7O/c1-12(4-2-3-11)8-5-7(13)6-9(14)10(8)15;1-11(4-2-3-10)7-5-14-6-8(12)9(7)13;1-11(4-2-3-9)5-6(12)8(14)10-7(5)13;1-14(4-2-3-8)7(15)9-5-6-10-12-13-11-6;1-10(4-2-3-8)6-5(11)9-7(12)13-6;1-13(4-2-3-7)6(14)8-5-9-11-12-10-5/h5-6,14H,2-4,11H2,1H3;5-6,12H,2-4,10H2,1H3;2-4,9H2,1H3,(H2,10,12,13,14);2-5,8H2,1H3,(H,9,15)(H,10,11,12,13);6H,2-4,8H2,1H3,(H,9,11,12);2-4,7H2,1H3,(H2,8,9,10,11,12,14). The van der Waals surface area contributed by atoms with Gasteiger partial charge in [0.25, 0.3) is 28.9 Å². The molecular formula is C47H82N24O13S. The Labute approximate surface area is 493 Å². The largest absolute Gasteiger partial charge is 0.504 e. The summed E-state index contributed by atoms with van der Waals surface area (Å²) in [5.74, 6) is -3.21. The van der Waals surface area contributed by atoms with E-state index in [0.29, 0.717) is 89.9 Å². The van der Waals surface area contributed by atoms with Crippen LogP contribution in [-0.4, -0.2) is 254 Å². The first-order valence-corrected chi connectivity index (χ1v) is 27.1. The summed E-state index contributed by atoms with van der Waals surface area (Å²) in [5.41, 5.74) is 32.1. The molecule has 6 rings (SSSR count). The molecule has 37 nitrogen and oxygen atoms in total. The number of nitrogens with two attached hydrogens (primary N) is 6. The lowest BCUT2D eigenvalue weighted by atomic mass is 10.1. The SMILES string of the molecule is CN(CCCN)C(=O)NCc1nn[nH]n1.CN(CCCN)C(=O)Nc1nn[nH]n1.CN(CCCN)C1=C(O)C(=O)NC1=O.CN(CCCN)C1=CC(=O)C=C(O)C1=O.CN(CCCN)C1SC(=O)NC1=O.CN(CCCN)c1cocc(O)c1=O. The first kappa shape index (κ1) is 74.4. The lowest BCUT2D eigenvalue weighted by Crippen LogP contribution is -2.38. The van der Waals surface area contributed by atoms with E-state index in [9.17, 15) is 53.4 Å². The molecule has 1 fully saturated rings. The predicted octanol–water partition coefficient (Wildman–Crippen LogP) is -4.15. The molecule has 0 spiro atoms. The first-order valence-electron chi connectivity index (χ1n) is 26.2. The molecule has 1 saturated heterocycles. The summed E-state index contributed by atoms with van der Waals surface area (Å²) in [6, 6.07) is -0.451. The van der Waals surface area contributed by atoms with Gasteiger partial charge in [0.2, 0.25) is 22.7 Å². The number of ketones is 2. The fourth-order valence-electron chi connectivity index (χ4n) is 6.56. The first-order chi connectivity index (χ1) is 40.4. The fraction of sp³-hybridized carbons (Fsp3) is 0.553. The number of carbonyl (C=O) groups is 8. The number of thioether (sulfide) groups is 1. The van der Waals surface area contributed by atoms with Gasteiger partial charge in [0.15, 0.2) is 23.1 Å². The molecule has 38 heteroatoms. The number of aromatic nitrogens is 8. The molecule has 0 radical (unpaired) electrons. The molecule has 8 amide bonds. The van der Waals surface area contributed by atoms with Crippen LogP contribution in [-0.2, 0) is 30.5 Å². The van der Waals surface area contributed by atoms with Gasteiger partial charge in [-0.1, -0.05) is 10.3 Å². The Morgan fingerprint density at radius 2 is 1.16 bits per heavy atom. The number of tetrazole rings is 2. The van der Waals surface area contributed by atoms with Crippen molar-refractivity contribution in [1.29, 1.82) is 0 Å². The second kappa shape index (κ2) is 41.4. The van der Waals surface area contributed by atoms with Crippen molar-refractivity contribution in [3.63, 3.8) is 0 Å². The molecule has 0 saturated carbocycles. The van der Waals surface area contributed by atoms with Gasteiger partial charge in [0.1, 0.15) is 23.6 Å². The van der Waals surface area contributed by atoms with Crippen molar-refractivity contribution >= 4 is 70.0 Å². The topological polar surface area (TPSA) is 560 Å². The number of hydrogen-bond donors (Lipinski definition) is 15. The van der Waals surface area contributed by atoms with E-state index < -0.39 is 34.5 Å². The number of nitrogens with one attached hydrogen (secondary N) is 6. The Morgan fingerprint density at radius 3 is 1.67 bits per heavy atom. The van der Waals surface area contributed by atoms with Crippen LogP contribution in [0.4, 0.5) is 26.0 Å². The smallest absolute Gasteiger partial charge is 0.324 e. The Balaban J connectivity index is 0.000000510. The number of nitrogens with zero attached hydrogens (tertiary/aromatic N) is 12. The summed E-state index contributed by atoms with van der Waals surface area (Å²) < 4.78 is 4.80. The Kier molecular flexibility index (Phi) is 36.2. The Bertz CT molecular complexity index is 2710. The monoisotopic (exact) mass is 1220 g/mol. The molecule has 1 aliphatic carbocycles. The van der Waals surface area contributed by atoms with Crippen molar-refractivity contribution < 1.29 is 58.1 Å². The summed E-state index contributed by atoms with van der Waals surface area (Å²) in [4.78, 5) is 111. The molecule has 3 aromatic rings. The highest BCUT2D eigenvalue weighted by atomic mass is 32.2. The number of aromatic amines is 2. The van der Waals surface area contributed by atoms with Crippen molar-refractivity contribution in [1.82, 2.24) is 81.7 Å². The van der Waals surface area contributed by atoms with Crippen LogP contribution in [0.15, 0.2) is 56.8 Å². The summed E-state index contributed by atoms with van der Waals surface area (Å²) >= 11 is 1.02. The van der Waals surface area contributed by atoms with Gasteiger partial charge in [-0.3, -0.25) is 54.4 Å². The van der Waals surface area contributed by atoms with E-state index >= 15 is 0 Å². The number of urea groups is 2. The number of likely N-dealkylation sites (N-methyl/N-ethyl adjacent to an activating group) is 3. The number of aliphatic hydroxyl groups excluding tert-OH is 2. The van der Waals surface area contributed by atoms with Crippen LogP contribution in [0.2, 0.25) is 0 Å². The number of amides is 8. The fourth-order valence-corrected chi connectivity index (χ4v) is 7.37. The van der Waals surface area contributed by atoms with Crippen LogP contribution in [0, 0.1) is 0 Å². The predicted molar refractivity (Wildman–Crippen MR) is 311 cm³/mol. The number of aromatic hydroxyl groups is 1. The maximum Gasteiger partial charge on any atom is 0.324 e. The highest BCUT2D eigenvalue weighted by Crippen LogP contribution is 2.21. The minimum atomic E-state index is -0.746. The van der Waals surface area contributed by atoms with E-state index in [4.69, 9.17) is 43.9 Å². The maximum absolute atomic E-state index is 11.5. The van der Waals surface area contributed by atoms with Gasteiger partial charge in [-0.25, -0.2) is 9.59 Å². The number of H-pyrrole nitrogens is 2. The van der Waals surface area contributed by atoms with Gasteiger partial charge in [-0.2, -0.15) is 10.4 Å². The van der Waals surface area contributed by atoms with E-state index in [1.807, 2.05) is 17.3 Å². The molecular weight excluding hydrogens is 1140 g/mol. The van der Waals surface area contributed by atoms with Crippen LogP contribution < -0.4 is 66.0 Å². The van der Waals surface area contributed by atoms with E-state index in [-0.39, 0.29) is 64.0 Å². The Morgan fingerprint density at radius 1 is 0.635 bits per heavy atom. The highest BCUT2D eigenvalue weighted by molar-refractivity contribution is 8.15. The number of aliphatic hydroxyl groups is 2. The van der Waals surface area contributed by atoms with Gasteiger partial charge in [-0.05, 0) is 102 Å². The van der Waals surface area contributed by atoms with E-state index in [0.717, 1.165) is 62.7 Å². The van der Waals surface area contributed by atoms with Gasteiger partial charge in [-0.15, -0.1) is 15.3 Å². The molecule has 1 atom stereocenters. The number of Topliss-reactive ketones (excluding diaryl/α,β-unsaturated/α-hetero) is 1. The number of rotatable bonds is 25. The molecule has 5 heterocycles. The van der Waals surface area contributed by atoms with Crippen LogP contribution in [0.5, 0.6) is 5.75 Å². The third kappa shape index (κ3) is 28.0. The maximum atomic E-state index is 11.5.